The second-order valence-electron chi connectivity index (χ2n) is 2.66. The molecule has 0 aliphatic rings. The first-order valence-electron chi connectivity index (χ1n) is 3.38. The number of carboxylic acids is 1. The van der Waals surface area contributed by atoms with Gasteiger partial charge in [-0.15, -0.1) is 0 Å². The summed E-state index contributed by atoms with van der Waals surface area (Å²) in [5.74, 6) is -1.11. The van der Waals surface area contributed by atoms with E-state index in [1.165, 1.54) is 0 Å². The fourth-order valence-electron chi connectivity index (χ4n) is 1.22. The van der Waals surface area contributed by atoms with Gasteiger partial charge in [0.15, 0.2) is 0 Å². The fraction of sp³-hybridized carbons (Fsp3) is 0.375. The molecular weight excluding hydrogens is 165 g/mol. The quantitative estimate of drug-likeness (QED) is 0.427. The van der Waals surface area contributed by atoms with Crippen LogP contribution in [0.3, 0.4) is 0 Å². The summed E-state index contributed by atoms with van der Waals surface area (Å²) in [5, 5.41) is 10.5. The molecule has 0 unspecified atom stereocenters. The van der Waals surface area contributed by atoms with Gasteiger partial charge in [-0.3, -0.25) is 0 Å². The van der Waals surface area contributed by atoms with E-state index in [0.717, 1.165) is 11.3 Å². The summed E-state index contributed by atoms with van der Waals surface area (Å²) in [4.78, 5) is 10.5. The molecule has 0 saturated carbocycles. The second-order valence-corrected chi connectivity index (χ2v) is 2.66. The molecule has 1 aromatic heterocycles. The van der Waals surface area contributed by atoms with Gasteiger partial charge in [0.05, 0.1) is 11.7 Å². The summed E-state index contributed by atoms with van der Waals surface area (Å²) in [6, 6.07) is 1.82. The average molecular weight is 175 g/mol. The SMILES string of the molecule is Cc1cc(C)n(C)c1C(=O)[O-].[Na+]. The van der Waals surface area contributed by atoms with Crippen LogP contribution >= 0.6 is 0 Å². The number of nitrogens with zero attached hydrogens (tertiary/aromatic N) is 1. The van der Waals surface area contributed by atoms with Gasteiger partial charge in [0.2, 0.25) is 0 Å². The first-order chi connectivity index (χ1) is 5.04. The molecular formula is C8H10NNaO2. The minimum Gasteiger partial charge on any atom is -0.543 e. The molecule has 0 amide bonds. The van der Waals surface area contributed by atoms with Gasteiger partial charge in [-0.25, -0.2) is 0 Å². The van der Waals surface area contributed by atoms with Crippen LogP contribution < -0.4 is 34.7 Å². The predicted molar refractivity (Wildman–Crippen MR) is 39.2 cm³/mol. The van der Waals surface area contributed by atoms with E-state index in [2.05, 4.69) is 0 Å². The van der Waals surface area contributed by atoms with Crippen molar-refractivity contribution in [1.29, 1.82) is 0 Å². The number of carbonyl (C=O) groups is 1. The third-order valence-electron chi connectivity index (χ3n) is 1.86. The number of hydrogen-bond donors (Lipinski definition) is 0. The van der Waals surface area contributed by atoms with Gasteiger partial charge < -0.3 is 14.5 Å². The van der Waals surface area contributed by atoms with Crippen LogP contribution in [0.1, 0.15) is 21.7 Å². The summed E-state index contributed by atoms with van der Waals surface area (Å²) in [6.07, 6.45) is 0. The number of rotatable bonds is 1. The molecule has 0 N–H and O–H groups in total. The Morgan fingerprint density at radius 3 is 2.17 bits per heavy atom. The van der Waals surface area contributed by atoms with Crippen LogP contribution in [0.2, 0.25) is 0 Å². The molecule has 0 fully saturated rings. The van der Waals surface area contributed by atoms with Crippen LogP contribution in [0.4, 0.5) is 0 Å². The zero-order chi connectivity index (χ0) is 8.59. The van der Waals surface area contributed by atoms with Crippen molar-refractivity contribution in [1.82, 2.24) is 4.57 Å². The zero-order valence-corrected chi connectivity index (χ0v) is 9.84. The molecule has 0 radical (unpaired) electrons. The number of hydrogen-bond acceptors (Lipinski definition) is 2. The average Bonchev–Trinajstić information content (AvgIpc) is 2.07. The van der Waals surface area contributed by atoms with Crippen molar-refractivity contribution in [3.8, 4) is 0 Å². The van der Waals surface area contributed by atoms with E-state index in [9.17, 15) is 9.90 Å². The van der Waals surface area contributed by atoms with Crippen molar-refractivity contribution in [3.63, 3.8) is 0 Å². The Hall–Kier alpha value is -0.250. The van der Waals surface area contributed by atoms with E-state index in [0.29, 0.717) is 0 Å². The van der Waals surface area contributed by atoms with Crippen LogP contribution in [0.15, 0.2) is 6.07 Å². The molecule has 0 aliphatic heterocycles. The van der Waals surface area contributed by atoms with Gasteiger partial charge in [0.1, 0.15) is 0 Å². The van der Waals surface area contributed by atoms with Crippen molar-refractivity contribution in [2.45, 2.75) is 13.8 Å². The number of carbonyl (C=O) groups excluding carboxylic acids is 1. The number of aryl methyl sites for hydroxylation is 2. The van der Waals surface area contributed by atoms with Gasteiger partial charge >= 0.3 is 29.6 Å². The van der Waals surface area contributed by atoms with Crippen LogP contribution in [0, 0.1) is 13.8 Å². The van der Waals surface area contributed by atoms with Crippen molar-refractivity contribution >= 4 is 5.97 Å². The topological polar surface area (TPSA) is 45.1 Å². The molecule has 4 heteroatoms. The molecule has 60 valence electrons. The summed E-state index contributed by atoms with van der Waals surface area (Å²) >= 11 is 0. The minimum absolute atomic E-state index is 0. The predicted octanol–water partition coefficient (Wildman–Crippen LogP) is -2.99. The van der Waals surface area contributed by atoms with Gasteiger partial charge in [0.25, 0.3) is 0 Å². The summed E-state index contributed by atoms with van der Waals surface area (Å²) < 4.78 is 1.62. The Labute approximate surface area is 93.7 Å². The smallest absolute Gasteiger partial charge is 0.543 e. The number of aromatic carboxylic acids is 1. The van der Waals surface area contributed by atoms with E-state index >= 15 is 0 Å². The molecule has 1 rings (SSSR count). The third kappa shape index (κ3) is 1.91. The van der Waals surface area contributed by atoms with Crippen LogP contribution in [-0.4, -0.2) is 10.5 Å². The number of aromatic nitrogens is 1. The van der Waals surface area contributed by atoms with Gasteiger partial charge in [-0.1, -0.05) is 0 Å². The summed E-state index contributed by atoms with van der Waals surface area (Å²) in [6.45, 7) is 3.62. The Morgan fingerprint density at radius 2 is 2.00 bits per heavy atom. The zero-order valence-electron chi connectivity index (χ0n) is 7.84. The van der Waals surface area contributed by atoms with Gasteiger partial charge in [-0.2, -0.15) is 0 Å². The van der Waals surface area contributed by atoms with Crippen LogP contribution in [-0.2, 0) is 7.05 Å². The normalized spacial score (nSPS) is 9.25. The molecule has 0 spiro atoms. The molecule has 0 saturated heterocycles. The van der Waals surface area contributed by atoms with Crippen molar-refractivity contribution < 1.29 is 39.5 Å². The molecule has 0 aromatic carbocycles. The van der Waals surface area contributed by atoms with Gasteiger partial charge in [0, 0.05) is 12.7 Å². The van der Waals surface area contributed by atoms with E-state index in [-0.39, 0.29) is 35.3 Å². The van der Waals surface area contributed by atoms with E-state index in [4.69, 9.17) is 0 Å². The first-order valence-corrected chi connectivity index (χ1v) is 3.38. The Kier molecular flexibility index (Phi) is 4.03. The molecule has 0 aliphatic carbocycles. The Bertz CT molecular complexity index is 304. The Morgan fingerprint density at radius 1 is 1.50 bits per heavy atom. The Balaban J connectivity index is 0.00000121. The van der Waals surface area contributed by atoms with E-state index < -0.39 is 5.97 Å². The summed E-state index contributed by atoms with van der Waals surface area (Å²) in [5.41, 5.74) is 1.95. The van der Waals surface area contributed by atoms with E-state index in [1.54, 1.807) is 18.5 Å². The van der Waals surface area contributed by atoms with Crippen molar-refractivity contribution in [3.05, 3.63) is 23.0 Å². The molecule has 0 bridgehead atoms. The fourth-order valence-corrected chi connectivity index (χ4v) is 1.22. The maximum absolute atomic E-state index is 10.5. The van der Waals surface area contributed by atoms with Crippen molar-refractivity contribution in [2.24, 2.45) is 7.05 Å². The first kappa shape index (κ1) is 11.8. The van der Waals surface area contributed by atoms with E-state index in [1.807, 2.05) is 13.0 Å². The monoisotopic (exact) mass is 175 g/mol. The molecule has 3 nitrogen and oxygen atoms in total. The van der Waals surface area contributed by atoms with Crippen LogP contribution in [0.25, 0.3) is 0 Å². The number of carboxylic acid groups (broad SMARTS) is 1. The third-order valence-corrected chi connectivity index (χ3v) is 1.86. The minimum atomic E-state index is -1.11. The molecule has 1 heterocycles. The van der Waals surface area contributed by atoms with Gasteiger partial charge in [-0.05, 0) is 25.5 Å². The molecule has 0 atom stereocenters. The van der Waals surface area contributed by atoms with Crippen LogP contribution in [0.5, 0.6) is 0 Å². The largest absolute Gasteiger partial charge is 1.00 e. The van der Waals surface area contributed by atoms with Crippen molar-refractivity contribution in [2.75, 3.05) is 0 Å². The molecule has 1 aromatic rings. The summed E-state index contributed by atoms with van der Waals surface area (Å²) in [7, 11) is 1.72. The second kappa shape index (κ2) is 4.12. The maximum atomic E-state index is 10.5. The standard InChI is InChI=1S/C8H11NO2.Na/c1-5-4-6(2)9(3)7(5)8(10)11;/h4H,1-3H3,(H,10,11);/q;+1/p-1. The maximum Gasteiger partial charge on any atom is 1.00 e. The molecule has 12 heavy (non-hydrogen) atoms.